The predicted molar refractivity (Wildman–Crippen MR) is 107 cm³/mol. The fraction of sp³-hybridized carbons (Fsp3) is 0.409. The lowest BCUT2D eigenvalue weighted by Gasteiger charge is -2.22. The van der Waals surface area contributed by atoms with Gasteiger partial charge in [0.2, 0.25) is 0 Å². The van der Waals surface area contributed by atoms with E-state index in [1.807, 2.05) is 32.2 Å². The van der Waals surface area contributed by atoms with Crippen LogP contribution < -0.4 is 19.7 Å². The van der Waals surface area contributed by atoms with Gasteiger partial charge in [-0.2, -0.15) is 0 Å². The molecule has 0 spiro atoms. The molecule has 2 aromatic carbocycles. The number of amides is 1. The molecule has 1 aliphatic rings. The molecule has 5 nitrogen and oxygen atoms in total. The molecule has 0 saturated heterocycles. The van der Waals surface area contributed by atoms with Crippen LogP contribution in [0.2, 0.25) is 0 Å². The van der Waals surface area contributed by atoms with E-state index in [4.69, 9.17) is 9.47 Å². The van der Waals surface area contributed by atoms with Gasteiger partial charge >= 0.3 is 0 Å². The molecule has 1 heterocycles. The van der Waals surface area contributed by atoms with E-state index in [-0.39, 0.29) is 11.9 Å². The molecule has 0 fully saturated rings. The number of rotatable bonds is 6. The summed E-state index contributed by atoms with van der Waals surface area (Å²) in [5.41, 5.74) is 3.29. The highest BCUT2D eigenvalue weighted by Crippen LogP contribution is 2.32. The summed E-state index contributed by atoms with van der Waals surface area (Å²) < 4.78 is 11.1. The van der Waals surface area contributed by atoms with Crippen molar-refractivity contribution in [3.8, 4) is 11.5 Å². The molecular formula is C22H29N2O3+. The maximum Gasteiger partial charge on any atom is 0.282 e. The van der Waals surface area contributed by atoms with Gasteiger partial charge < -0.3 is 19.7 Å². The smallest absolute Gasteiger partial charge is 0.282 e. The molecule has 1 amide bonds. The first-order chi connectivity index (χ1) is 12.9. The molecule has 5 heteroatoms. The Morgan fingerprint density at radius 3 is 2.37 bits per heavy atom. The van der Waals surface area contributed by atoms with Crippen molar-refractivity contribution in [1.82, 2.24) is 0 Å². The highest BCUT2D eigenvalue weighted by atomic mass is 16.6. The molecule has 3 rings (SSSR count). The van der Waals surface area contributed by atoms with Gasteiger partial charge in [-0.1, -0.05) is 38.1 Å². The van der Waals surface area contributed by atoms with Gasteiger partial charge in [-0.25, -0.2) is 0 Å². The standard InChI is InChI=1S/C22H28N2O3/c1-15(2)18-7-5-17(6-8-18)14-24(4)16(3)22(25)23-19-9-10-20-21(13-19)27-12-11-26-20/h5-10,13,15-16H,11-12,14H2,1-4H3,(H,23,25)/p+1/t16-/m1/s1. The van der Waals surface area contributed by atoms with E-state index in [1.54, 1.807) is 0 Å². The minimum atomic E-state index is -0.178. The summed E-state index contributed by atoms with van der Waals surface area (Å²) in [6, 6.07) is 14.0. The number of hydrogen-bond acceptors (Lipinski definition) is 3. The average molecular weight is 369 g/mol. The van der Waals surface area contributed by atoms with Gasteiger partial charge in [0, 0.05) is 17.3 Å². The lowest BCUT2D eigenvalue weighted by Crippen LogP contribution is -3.12. The van der Waals surface area contributed by atoms with Crippen LogP contribution in [0, 0.1) is 0 Å². The fourth-order valence-electron chi connectivity index (χ4n) is 3.09. The summed E-state index contributed by atoms with van der Waals surface area (Å²) in [7, 11) is 2.05. The van der Waals surface area contributed by atoms with Crippen LogP contribution in [0.5, 0.6) is 11.5 Å². The van der Waals surface area contributed by atoms with E-state index in [2.05, 4.69) is 43.4 Å². The molecule has 27 heavy (non-hydrogen) atoms. The van der Waals surface area contributed by atoms with Gasteiger partial charge in [0.25, 0.3) is 5.91 Å². The second kappa shape index (κ2) is 8.44. The average Bonchev–Trinajstić information content (AvgIpc) is 2.67. The van der Waals surface area contributed by atoms with Crippen LogP contribution in [-0.4, -0.2) is 32.2 Å². The Bertz CT molecular complexity index is 787. The minimum Gasteiger partial charge on any atom is -0.486 e. The second-order valence-corrected chi connectivity index (χ2v) is 7.49. The maximum atomic E-state index is 12.7. The number of ether oxygens (including phenoxy) is 2. The number of quaternary nitrogens is 1. The third kappa shape index (κ3) is 4.80. The van der Waals surface area contributed by atoms with Crippen molar-refractivity contribution < 1.29 is 19.2 Å². The molecule has 144 valence electrons. The normalized spacial score (nSPS) is 15.3. The first-order valence-electron chi connectivity index (χ1n) is 9.55. The van der Waals surface area contributed by atoms with Gasteiger partial charge in [-0.05, 0) is 30.5 Å². The summed E-state index contributed by atoms with van der Waals surface area (Å²) in [6.07, 6.45) is 0. The monoisotopic (exact) mass is 369 g/mol. The van der Waals surface area contributed by atoms with Crippen molar-refractivity contribution in [3.05, 3.63) is 53.6 Å². The van der Waals surface area contributed by atoms with E-state index in [9.17, 15) is 4.79 Å². The van der Waals surface area contributed by atoms with Crippen LogP contribution in [0.1, 0.15) is 37.8 Å². The molecule has 2 N–H and O–H groups in total. The quantitative estimate of drug-likeness (QED) is 0.823. The van der Waals surface area contributed by atoms with Crippen molar-refractivity contribution in [2.24, 2.45) is 0 Å². The third-order valence-corrected chi connectivity index (χ3v) is 5.07. The fourth-order valence-corrected chi connectivity index (χ4v) is 3.09. The molecular weight excluding hydrogens is 340 g/mol. The first-order valence-corrected chi connectivity index (χ1v) is 9.55. The highest BCUT2D eigenvalue weighted by Gasteiger charge is 2.23. The Morgan fingerprint density at radius 2 is 1.70 bits per heavy atom. The molecule has 2 aromatic rings. The van der Waals surface area contributed by atoms with E-state index < -0.39 is 0 Å². The molecule has 0 aromatic heterocycles. The first kappa shape index (κ1) is 19.2. The SMILES string of the molecule is CC(C)c1ccc(C[NH+](C)[C@H](C)C(=O)Nc2ccc3c(c2)OCCO3)cc1. The Hall–Kier alpha value is -2.53. The number of carbonyl (C=O) groups is 1. The number of hydrogen-bond donors (Lipinski definition) is 2. The number of fused-ring (bicyclic) bond motifs is 1. The van der Waals surface area contributed by atoms with E-state index in [0.29, 0.717) is 24.9 Å². The number of anilines is 1. The Morgan fingerprint density at radius 1 is 1.04 bits per heavy atom. The van der Waals surface area contributed by atoms with E-state index in [0.717, 1.165) is 22.9 Å². The molecule has 1 aliphatic heterocycles. The van der Waals surface area contributed by atoms with Crippen LogP contribution in [-0.2, 0) is 11.3 Å². The highest BCUT2D eigenvalue weighted by molar-refractivity contribution is 5.93. The van der Waals surface area contributed by atoms with Crippen molar-refractivity contribution in [2.45, 2.75) is 39.3 Å². The zero-order valence-corrected chi connectivity index (χ0v) is 16.5. The van der Waals surface area contributed by atoms with Crippen molar-refractivity contribution >= 4 is 11.6 Å². The maximum absolute atomic E-state index is 12.7. The summed E-state index contributed by atoms with van der Waals surface area (Å²) in [4.78, 5) is 13.8. The van der Waals surface area contributed by atoms with Gasteiger partial charge in [0.15, 0.2) is 17.5 Å². The Labute approximate surface area is 161 Å². The minimum absolute atomic E-state index is 0.0111. The molecule has 1 unspecified atom stereocenters. The summed E-state index contributed by atoms with van der Waals surface area (Å²) in [5, 5.41) is 2.99. The largest absolute Gasteiger partial charge is 0.486 e. The van der Waals surface area contributed by atoms with Crippen LogP contribution in [0.3, 0.4) is 0 Å². The molecule has 0 aliphatic carbocycles. The second-order valence-electron chi connectivity index (χ2n) is 7.49. The molecule has 0 saturated carbocycles. The summed E-state index contributed by atoms with van der Waals surface area (Å²) >= 11 is 0. The van der Waals surface area contributed by atoms with Crippen molar-refractivity contribution in [3.63, 3.8) is 0 Å². The van der Waals surface area contributed by atoms with Gasteiger partial charge in [0.05, 0.1) is 7.05 Å². The van der Waals surface area contributed by atoms with Crippen LogP contribution in [0.25, 0.3) is 0 Å². The van der Waals surface area contributed by atoms with Crippen LogP contribution in [0.4, 0.5) is 5.69 Å². The summed E-state index contributed by atoms with van der Waals surface area (Å²) in [6.45, 7) is 8.22. The third-order valence-electron chi connectivity index (χ3n) is 5.07. The Balaban J connectivity index is 1.59. The topological polar surface area (TPSA) is 52.0 Å². The zero-order valence-electron chi connectivity index (χ0n) is 16.5. The number of likely N-dealkylation sites (N-methyl/N-ethyl adjacent to an activating group) is 1. The van der Waals surface area contributed by atoms with Crippen LogP contribution >= 0.6 is 0 Å². The predicted octanol–water partition coefficient (Wildman–Crippen LogP) is 2.62. The number of carbonyl (C=O) groups excluding carboxylic acids is 1. The van der Waals surface area contributed by atoms with Gasteiger partial charge in [-0.15, -0.1) is 0 Å². The zero-order chi connectivity index (χ0) is 19.4. The number of nitrogens with one attached hydrogen (secondary N) is 2. The van der Waals surface area contributed by atoms with E-state index in [1.165, 1.54) is 11.1 Å². The Kier molecular flexibility index (Phi) is 6.01. The number of benzene rings is 2. The summed E-state index contributed by atoms with van der Waals surface area (Å²) in [5.74, 6) is 1.92. The van der Waals surface area contributed by atoms with Crippen molar-refractivity contribution in [1.29, 1.82) is 0 Å². The lowest BCUT2D eigenvalue weighted by molar-refractivity contribution is -0.907. The molecule has 2 atom stereocenters. The van der Waals surface area contributed by atoms with E-state index >= 15 is 0 Å². The van der Waals surface area contributed by atoms with Crippen molar-refractivity contribution in [2.75, 3.05) is 25.6 Å². The molecule has 0 bridgehead atoms. The van der Waals surface area contributed by atoms with Gasteiger partial charge in [0.1, 0.15) is 19.8 Å². The molecule has 0 radical (unpaired) electrons. The lowest BCUT2D eigenvalue weighted by atomic mass is 10.0. The van der Waals surface area contributed by atoms with Crippen LogP contribution in [0.15, 0.2) is 42.5 Å². The van der Waals surface area contributed by atoms with Gasteiger partial charge in [-0.3, -0.25) is 4.79 Å².